The molecule has 2 rings (SSSR count). The molecular weight excluding hydrogens is 192 g/mol. The number of hydrogen-bond donors (Lipinski definition) is 2. The summed E-state index contributed by atoms with van der Waals surface area (Å²) in [7, 11) is 0. The minimum atomic E-state index is -0.0117. The van der Waals surface area contributed by atoms with Crippen molar-refractivity contribution in [1.82, 2.24) is 4.98 Å². The Morgan fingerprint density at radius 2 is 2.21 bits per heavy atom. The van der Waals surface area contributed by atoms with Crippen LogP contribution < -0.4 is 5.73 Å². The van der Waals surface area contributed by atoms with E-state index in [1.54, 1.807) is 11.3 Å². The van der Waals surface area contributed by atoms with Gasteiger partial charge >= 0.3 is 0 Å². The highest BCUT2D eigenvalue weighted by molar-refractivity contribution is 7.12. The van der Waals surface area contributed by atoms with Crippen molar-refractivity contribution in [1.29, 1.82) is 0 Å². The molecule has 0 aromatic carbocycles. The lowest BCUT2D eigenvalue weighted by atomic mass is 10.1. The van der Waals surface area contributed by atoms with Crippen LogP contribution in [-0.4, -0.2) is 4.98 Å². The monoisotopic (exact) mass is 206 g/mol. The first-order valence-electron chi connectivity index (χ1n) is 4.64. The fraction of sp³-hybridized carbons (Fsp3) is 0.273. The van der Waals surface area contributed by atoms with Crippen LogP contribution in [0.25, 0.3) is 0 Å². The number of thiophene rings is 1. The summed E-state index contributed by atoms with van der Waals surface area (Å²) in [6.07, 6.45) is 1.91. The van der Waals surface area contributed by atoms with Crippen LogP contribution in [0.1, 0.15) is 27.1 Å². The quantitative estimate of drug-likeness (QED) is 0.779. The van der Waals surface area contributed by atoms with Crippen molar-refractivity contribution in [2.24, 2.45) is 5.73 Å². The molecule has 0 saturated heterocycles. The Bertz CT molecular complexity index is 395. The minimum absolute atomic E-state index is 0.0117. The summed E-state index contributed by atoms with van der Waals surface area (Å²) in [5.41, 5.74) is 8.52. The first-order valence-corrected chi connectivity index (χ1v) is 5.46. The smallest absolute Gasteiger partial charge is 0.0797 e. The highest BCUT2D eigenvalue weighted by Crippen LogP contribution is 2.28. The van der Waals surface area contributed by atoms with E-state index in [1.807, 2.05) is 18.3 Å². The number of aromatic nitrogens is 1. The number of nitrogens with two attached hydrogens (primary N) is 1. The van der Waals surface area contributed by atoms with Crippen molar-refractivity contribution in [3.8, 4) is 0 Å². The summed E-state index contributed by atoms with van der Waals surface area (Å²) in [6.45, 7) is 4.25. The van der Waals surface area contributed by atoms with E-state index in [-0.39, 0.29) is 6.04 Å². The molecule has 1 atom stereocenters. The molecule has 74 valence electrons. The molecule has 0 radical (unpaired) electrons. The zero-order valence-corrected chi connectivity index (χ0v) is 9.19. The average Bonchev–Trinajstić information content (AvgIpc) is 2.76. The van der Waals surface area contributed by atoms with Crippen LogP contribution in [0.2, 0.25) is 0 Å². The van der Waals surface area contributed by atoms with Gasteiger partial charge in [-0.15, -0.1) is 11.3 Å². The molecule has 14 heavy (non-hydrogen) atoms. The molecule has 2 aromatic rings. The molecule has 2 nitrogen and oxygen atoms in total. The van der Waals surface area contributed by atoms with Crippen molar-refractivity contribution in [2.45, 2.75) is 19.9 Å². The lowest BCUT2D eigenvalue weighted by Crippen LogP contribution is -2.10. The summed E-state index contributed by atoms with van der Waals surface area (Å²) in [6, 6.07) is 6.16. The molecule has 0 aliphatic carbocycles. The summed E-state index contributed by atoms with van der Waals surface area (Å²) in [5, 5.41) is 0. The normalized spacial score (nSPS) is 13.1. The average molecular weight is 206 g/mol. The SMILES string of the molecule is Cc1cc(C(N)c2ccc[nH]2)sc1C. The predicted octanol–water partition coefficient (Wildman–Crippen LogP) is 2.74. The van der Waals surface area contributed by atoms with Gasteiger partial charge in [0.1, 0.15) is 0 Å². The fourth-order valence-corrected chi connectivity index (χ4v) is 2.51. The maximum absolute atomic E-state index is 6.12. The van der Waals surface area contributed by atoms with Gasteiger partial charge in [0.25, 0.3) is 0 Å². The van der Waals surface area contributed by atoms with Crippen molar-refractivity contribution < 1.29 is 0 Å². The van der Waals surface area contributed by atoms with Crippen molar-refractivity contribution in [2.75, 3.05) is 0 Å². The number of aryl methyl sites for hydroxylation is 2. The number of H-pyrrole nitrogens is 1. The molecule has 0 saturated carbocycles. The van der Waals surface area contributed by atoms with E-state index in [0.29, 0.717) is 0 Å². The molecule has 0 fully saturated rings. The van der Waals surface area contributed by atoms with E-state index in [2.05, 4.69) is 24.9 Å². The van der Waals surface area contributed by atoms with E-state index in [1.165, 1.54) is 15.3 Å². The molecule has 1 unspecified atom stereocenters. The molecule has 0 spiro atoms. The van der Waals surface area contributed by atoms with Crippen molar-refractivity contribution in [3.63, 3.8) is 0 Å². The van der Waals surface area contributed by atoms with Gasteiger partial charge in [0.15, 0.2) is 0 Å². The molecule has 3 N–H and O–H groups in total. The van der Waals surface area contributed by atoms with Crippen molar-refractivity contribution >= 4 is 11.3 Å². The Hall–Kier alpha value is -1.06. The predicted molar refractivity (Wildman–Crippen MR) is 60.6 cm³/mol. The second kappa shape index (κ2) is 3.59. The Labute approximate surface area is 87.8 Å². The van der Waals surface area contributed by atoms with E-state index in [4.69, 9.17) is 5.73 Å². The third-order valence-electron chi connectivity index (χ3n) is 2.45. The Morgan fingerprint density at radius 1 is 1.43 bits per heavy atom. The first-order chi connectivity index (χ1) is 6.68. The lowest BCUT2D eigenvalue weighted by molar-refractivity contribution is 0.857. The van der Waals surface area contributed by atoms with Gasteiger partial charge in [-0.25, -0.2) is 0 Å². The maximum Gasteiger partial charge on any atom is 0.0797 e. The summed E-state index contributed by atoms with van der Waals surface area (Å²) in [4.78, 5) is 5.72. The fourth-order valence-electron chi connectivity index (χ4n) is 1.45. The van der Waals surface area contributed by atoms with Gasteiger partial charge in [-0.1, -0.05) is 0 Å². The summed E-state index contributed by atoms with van der Waals surface area (Å²) < 4.78 is 0. The van der Waals surface area contributed by atoms with Crippen LogP contribution in [-0.2, 0) is 0 Å². The van der Waals surface area contributed by atoms with E-state index >= 15 is 0 Å². The van der Waals surface area contributed by atoms with E-state index in [9.17, 15) is 0 Å². The third kappa shape index (κ3) is 1.61. The van der Waals surface area contributed by atoms with Gasteiger partial charge in [-0.3, -0.25) is 0 Å². The van der Waals surface area contributed by atoms with Crippen molar-refractivity contribution in [3.05, 3.63) is 45.4 Å². The summed E-state index contributed by atoms with van der Waals surface area (Å²) in [5.74, 6) is 0. The number of rotatable bonds is 2. The molecule has 0 amide bonds. The highest BCUT2D eigenvalue weighted by Gasteiger charge is 2.12. The van der Waals surface area contributed by atoms with Gasteiger partial charge in [-0.05, 0) is 37.6 Å². The van der Waals surface area contributed by atoms with Gasteiger partial charge in [0.05, 0.1) is 6.04 Å². The van der Waals surface area contributed by atoms with Crippen LogP contribution in [0, 0.1) is 13.8 Å². The lowest BCUT2D eigenvalue weighted by Gasteiger charge is -2.06. The van der Waals surface area contributed by atoms with Crippen LogP contribution in [0.3, 0.4) is 0 Å². The number of aromatic amines is 1. The highest BCUT2D eigenvalue weighted by atomic mass is 32.1. The van der Waals surface area contributed by atoms with Crippen LogP contribution in [0.15, 0.2) is 24.4 Å². The summed E-state index contributed by atoms with van der Waals surface area (Å²) >= 11 is 1.78. The van der Waals surface area contributed by atoms with Crippen LogP contribution >= 0.6 is 11.3 Å². The molecule has 2 aromatic heterocycles. The topological polar surface area (TPSA) is 41.8 Å². The third-order valence-corrected chi connectivity index (χ3v) is 3.68. The molecule has 2 heterocycles. The molecule has 3 heteroatoms. The maximum atomic E-state index is 6.12. The largest absolute Gasteiger partial charge is 0.363 e. The molecular formula is C11H14N2S. The van der Waals surface area contributed by atoms with Gasteiger partial charge < -0.3 is 10.7 Å². The van der Waals surface area contributed by atoms with Crippen LogP contribution in [0.4, 0.5) is 0 Å². The molecule has 0 aliphatic rings. The first kappa shape index (κ1) is 9.49. The standard InChI is InChI=1S/C11H14N2S/c1-7-6-10(14-8(7)2)11(12)9-4-3-5-13-9/h3-6,11,13H,12H2,1-2H3. The van der Waals surface area contributed by atoms with E-state index in [0.717, 1.165) is 5.69 Å². The number of nitrogens with one attached hydrogen (secondary N) is 1. The zero-order valence-electron chi connectivity index (χ0n) is 8.37. The Kier molecular flexibility index (Phi) is 2.44. The minimum Gasteiger partial charge on any atom is -0.363 e. The second-order valence-corrected chi connectivity index (χ2v) is 4.78. The van der Waals surface area contributed by atoms with Crippen LogP contribution in [0.5, 0.6) is 0 Å². The number of hydrogen-bond acceptors (Lipinski definition) is 2. The Balaban J connectivity index is 2.32. The van der Waals surface area contributed by atoms with Gasteiger partial charge in [-0.2, -0.15) is 0 Å². The second-order valence-electron chi connectivity index (χ2n) is 3.49. The van der Waals surface area contributed by atoms with Gasteiger partial charge in [0, 0.05) is 21.6 Å². The van der Waals surface area contributed by atoms with E-state index < -0.39 is 0 Å². The molecule has 0 bridgehead atoms. The van der Waals surface area contributed by atoms with Gasteiger partial charge in [0.2, 0.25) is 0 Å². The Morgan fingerprint density at radius 3 is 2.71 bits per heavy atom. The molecule has 0 aliphatic heterocycles. The zero-order chi connectivity index (χ0) is 10.1.